The normalized spacial score (nSPS) is 10.4. The number of benzene rings is 3. The molecule has 0 aromatic heterocycles. The molecule has 1 N–H and O–H groups in total. The lowest BCUT2D eigenvalue weighted by Gasteiger charge is -2.20. The lowest BCUT2D eigenvalue weighted by Crippen LogP contribution is -2.16. The first-order valence-corrected chi connectivity index (χ1v) is 8.52. The molecule has 4 nitrogen and oxygen atoms in total. The molecule has 27 heavy (non-hydrogen) atoms. The van der Waals surface area contributed by atoms with E-state index in [1.165, 1.54) is 12.1 Å². The summed E-state index contributed by atoms with van der Waals surface area (Å²) in [6, 6.07) is 20.8. The van der Waals surface area contributed by atoms with Gasteiger partial charge in [0.1, 0.15) is 18.2 Å². The second-order valence-corrected chi connectivity index (χ2v) is 6.27. The fourth-order valence-electron chi connectivity index (χ4n) is 2.68. The number of halogens is 1. The summed E-state index contributed by atoms with van der Waals surface area (Å²) in [6.45, 7) is 1.02. The molecule has 0 bridgehead atoms. The molecule has 0 radical (unpaired) electrons. The van der Waals surface area contributed by atoms with Crippen LogP contribution in [0.5, 0.6) is 5.75 Å². The Balaban J connectivity index is 1.59. The van der Waals surface area contributed by atoms with Crippen LogP contribution in [0.15, 0.2) is 72.8 Å². The number of hydrogen-bond donors (Lipinski definition) is 1. The fourth-order valence-corrected chi connectivity index (χ4v) is 2.68. The smallest absolute Gasteiger partial charge is 0.335 e. The zero-order valence-corrected chi connectivity index (χ0v) is 14.9. The Kier molecular flexibility index (Phi) is 5.71. The summed E-state index contributed by atoms with van der Waals surface area (Å²) in [5.41, 5.74) is 3.08. The van der Waals surface area contributed by atoms with E-state index in [9.17, 15) is 9.18 Å². The van der Waals surface area contributed by atoms with E-state index < -0.39 is 5.97 Å². The van der Waals surface area contributed by atoms with Gasteiger partial charge < -0.3 is 14.7 Å². The van der Waals surface area contributed by atoms with Gasteiger partial charge in [0.15, 0.2) is 0 Å². The Morgan fingerprint density at radius 2 is 1.67 bits per heavy atom. The molecule has 0 atom stereocenters. The summed E-state index contributed by atoms with van der Waals surface area (Å²) in [7, 11) is 1.92. The maximum atomic E-state index is 12.9. The largest absolute Gasteiger partial charge is 0.489 e. The lowest BCUT2D eigenvalue weighted by molar-refractivity contribution is 0.0697. The fraction of sp³-hybridized carbons (Fsp3) is 0.136. The van der Waals surface area contributed by atoms with Crippen molar-refractivity contribution in [3.63, 3.8) is 0 Å². The second kappa shape index (κ2) is 8.36. The molecule has 138 valence electrons. The first kappa shape index (κ1) is 18.5. The number of aromatic carboxylic acids is 1. The van der Waals surface area contributed by atoms with Crippen LogP contribution in [0, 0.1) is 5.82 Å². The van der Waals surface area contributed by atoms with Crippen LogP contribution in [0.4, 0.5) is 10.1 Å². The van der Waals surface area contributed by atoms with Gasteiger partial charge in [0.05, 0.1) is 5.56 Å². The van der Waals surface area contributed by atoms with Gasteiger partial charge in [-0.15, -0.1) is 0 Å². The molecule has 0 amide bonds. The van der Waals surface area contributed by atoms with Crippen LogP contribution in [-0.2, 0) is 13.2 Å². The van der Waals surface area contributed by atoms with E-state index >= 15 is 0 Å². The lowest BCUT2D eigenvalue weighted by atomic mass is 10.1. The first-order chi connectivity index (χ1) is 13.0. The van der Waals surface area contributed by atoms with Gasteiger partial charge in [0.2, 0.25) is 0 Å². The van der Waals surface area contributed by atoms with Gasteiger partial charge in [-0.05, 0) is 53.6 Å². The maximum Gasteiger partial charge on any atom is 0.335 e. The standard InChI is InChI=1S/C22H20FNO3/c1-24(20-4-2-3-18(13-20)22(25)26)14-16-7-11-21(12-8-16)27-15-17-5-9-19(23)10-6-17/h2-13H,14-15H2,1H3,(H,25,26). The third kappa shape index (κ3) is 5.07. The predicted molar refractivity (Wildman–Crippen MR) is 103 cm³/mol. The van der Waals surface area contributed by atoms with E-state index in [0.29, 0.717) is 13.2 Å². The zero-order valence-electron chi connectivity index (χ0n) is 14.9. The van der Waals surface area contributed by atoms with E-state index in [1.807, 2.05) is 42.3 Å². The number of nitrogens with zero attached hydrogens (tertiary/aromatic N) is 1. The number of ether oxygens (including phenoxy) is 1. The molecular formula is C22H20FNO3. The minimum Gasteiger partial charge on any atom is -0.489 e. The Hall–Kier alpha value is -3.34. The van der Waals surface area contributed by atoms with E-state index in [4.69, 9.17) is 9.84 Å². The molecule has 3 aromatic rings. The molecular weight excluding hydrogens is 345 g/mol. The average molecular weight is 365 g/mol. The number of anilines is 1. The van der Waals surface area contributed by atoms with E-state index in [2.05, 4.69) is 0 Å². The van der Waals surface area contributed by atoms with Gasteiger partial charge in [-0.1, -0.05) is 30.3 Å². The van der Waals surface area contributed by atoms with E-state index in [-0.39, 0.29) is 11.4 Å². The Bertz CT molecular complexity index is 908. The molecule has 0 unspecified atom stereocenters. The summed E-state index contributed by atoms with van der Waals surface area (Å²) in [5.74, 6) is -0.465. The molecule has 0 aliphatic rings. The van der Waals surface area contributed by atoms with E-state index in [1.54, 1.807) is 30.3 Å². The third-order valence-electron chi connectivity index (χ3n) is 4.20. The molecule has 0 heterocycles. The molecule has 0 aliphatic heterocycles. The summed E-state index contributed by atoms with van der Waals surface area (Å²) >= 11 is 0. The van der Waals surface area contributed by atoms with Crippen LogP contribution >= 0.6 is 0 Å². The number of rotatable bonds is 7. The molecule has 0 saturated carbocycles. The van der Waals surface area contributed by atoms with Crippen molar-refractivity contribution in [1.29, 1.82) is 0 Å². The summed E-state index contributed by atoms with van der Waals surface area (Å²) in [5, 5.41) is 9.11. The van der Waals surface area contributed by atoms with Crippen LogP contribution in [-0.4, -0.2) is 18.1 Å². The zero-order chi connectivity index (χ0) is 19.2. The van der Waals surface area contributed by atoms with Gasteiger partial charge in [-0.2, -0.15) is 0 Å². The minimum absolute atomic E-state index is 0.263. The molecule has 0 saturated heterocycles. The predicted octanol–water partition coefficient (Wildman–Crippen LogP) is 4.74. The average Bonchev–Trinajstić information content (AvgIpc) is 2.68. The Morgan fingerprint density at radius 3 is 2.33 bits per heavy atom. The second-order valence-electron chi connectivity index (χ2n) is 6.27. The highest BCUT2D eigenvalue weighted by Crippen LogP contribution is 2.20. The van der Waals surface area contributed by atoms with Crippen LogP contribution in [0.3, 0.4) is 0 Å². The molecule has 3 rings (SSSR count). The van der Waals surface area contributed by atoms with Gasteiger partial charge >= 0.3 is 5.97 Å². The number of hydrogen-bond acceptors (Lipinski definition) is 3. The number of carboxylic acids is 1. The van der Waals surface area contributed by atoms with E-state index in [0.717, 1.165) is 22.6 Å². The van der Waals surface area contributed by atoms with Crippen molar-refractivity contribution in [1.82, 2.24) is 0 Å². The van der Waals surface area contributed by atoms with Gasteiger partial charge in [0.25, 0.3) is 0 Å². The van der Waals surface area contributed by atoms with Crippen molar-refractivity contribution < 1.29 is 19.0 Å². The van der Waals surface area contributed by atoms with Crippen LogP contribution in [0.25, 0.3) is 0 Å². The summed E-state index contributed by atoms with van der Waals surface area (Å²) in [4.78, 5) is 13.1. The third-order valence-corrected chi connectivity index (χ3v) is 4.20. The van der Waals surface area contributed by atoms with Crippen LogP contribution in [0.2, 0.25) is 0 Å². The molecule has 3 aromatic carbocycles. The summed E-state index contributed by atoms with van der Waals surface area (Å²) < 4.78 is 18.6. The highest BCUT2D eigenvalue weighted by molar-refractivity contribution is 5.88. The monoisotopic (exact) mass is 365 g/mol. The molecule has 5 heteroatoms. The number of carboxylic acid groups (broad SMARTS) is 1. The SMILES string of the molecule is CN(Cc1ccc(OCc2ccc(F)cc2)cc1)c1cccc(C(=O)O)c1. The van der Waals surface area contributed by atoms with Gasteiger partial charge in [-0.3, -0.25) is 0 Å². The Labute approximate surface area is 157 Å². The molecule has 0 fully saturated rings. The van der Waals surface area contributed by atoms with Crippen molar-refractivity contribution >= 4 is 11.7 Å². The topological polar surface area (TPSA) is 49.8 Å². The maximum absolute atomic E-state index is 12.9. The first-order valence-electron chi connectivity index (χ1n) is 8.52. The Morgan fingerprint density at radius 1 is 1.00 bits per heavy atom. The van der Waals surface area contributed by atoms with Crippen LogP contribution < -0.4 is 9.64 Å². The number of carbonyl (C=O) groups is 1. The van der Waals surface area contributed by atoms with Crippen molar-refractivity contribution in [2.75, 3.05) is 11.9 Å². The van der Waals surface area contributed by atoms with Crippen molar-refractivity contribution in [2.24, 2.45) is 0 Å². The van der Waals surface area contributed by atoms with Crippen LogP contribution in [0.1, 0.15) is 21.5 Å². The minimum atomic E-state index is -0.937. The summed E-state index contributed by atoms with van der Waals surface area (Å²) in [6.07, 6.45) is 0. The highest BCUT2D eigenvalue weighted by Gasteiger charge is 2.07. The highest BCUT2D eigenvalue weighted by atomic mass is 19.1. The van der Waals surface area contributed by atoms with Crippen molar-refractivity contribution in [2.45, 2.75) is 13.2 Å². The van der Waals surface area contributed by atoms with Gasteiger partial charge in [0, 0.05) is 19.3 Å². The van der Waals surface area contributed by atoms with Crippen molar-refractivity contribution in [3.8, 4) is 5.75 Å². The molecule has 0 aliphatic carbocycles. The molecule has 0 spiro atoms. The van der Waals surface area contributed by atoms with Gasteiger partial charge in [-0.25, -0.2) is 9.18 Å². The van der Waals surface area contributed by atoms with Crippen molar-refractivity contribution in [3.05, 3.63) is 95.3 Å². The quantitative estimate of drug-likeness (QED) is 0.657.